The summed E-state index contributed by atoms with van der Waals surface area (Å²) in [5.74, 6) is 0. The molecule has 0 aliphatic rings. The van der Waals surface area contributed by atoms with E-state index in [2.05, 4.69) is 34.7 Å². The SMILES string of the molecule is CCC(C)N(C)Cc1ccc(Br)c([N+](=O)[O-])c1. The molecule has 17 heavy (non-hydrogen) atoms. The molecule has 0 saturated carbocycles. The number of rotatable bonds is 5. The van der Waals surface area contributed by atoms with Crippen LogP contribution in [0.3, 0.4) is 0 Å². The Bertz CT molecular complexity index is 409. The van der Waals surface area contributed by atoms with Gasteiger partial charge < -0.3 is 0 Å². The van der Waals surface area contributed by atoms with Crippen LogP contribution in [0.5, 0.6) is 0 Å². The second-order valence-corrected chi connectivity index (χ2v) is 5.07. The van der Waals surface area contributed by atoms with Crippen LogP contribution in [-0.2, 0) is 6.54 Å². The summed E-state index contributed by atoms with van der Waals surface area (Å²) in [5, 5.41) is 10.8. The van der Waals surface area contributed by atoms with Gasteiger partial charge in [-0.3, -0.25) is 15.0 Å². The van der Waals surface area contributed by atoms with Crippen LogP contribution in [0.15, 0.2) is 22.7 Å². The first kappa shape index (κ1) is 14.1. The van der Waals surface area contributed by atoms with E-state index in [1.165, 1.54) is 0 Å². The van der Waals surface area contributed by atoms with E-state index in [0.717, 1.165) is 18.5 Å². The zero-order chi connectivity index (χ0) is 13.0. The van der Waals surface area contributed by atoms with Crippen molar-refractivity contribution in [3.63, 3.8) is 0 Å². The molecule has 1 unspecified atom stereocenters. The Morgan fingerprint density at radius 3 is 2.71 bits per heavy atom. The van der Waals surface area contributed by atoms with E-state index in [-0.39, 0.29) is 10.6 Å². The molecule has 0 N–H and O–H groups in total. The third kappa shape index (κ3) is 3.78. The molecule has 1 aromatic rings. The summed E-state index contributed by atoms with van der Waals surface area (Å²) < 4.78 is 0.525. The van der Waals surface area contributed by atoms with Gasteiger partial charge in [0.25, 0.3) is 5.69 Å². The van der Waals surface area contributed by atoms with E-state index in [4.69, 9.17) is 0 Å². The quantitative estimate of drug-likeness (QED) is 0.617. The fourth-order valence-corrected chi connectivity index (χ4v) is 1.94. The summed E-state index contributed by atoms with van der Waals surface area (Å²) in [7, 11) is 2.03. The van der Waals surface area contributed by atoms with Crippen LogP contribution in [0.1, 0.15) is 25.8 Å². The number of hydrogen-bond donors (Lipinski definition) is 0. The summed E-state index contributed by atoms with van der Waals surface area (Å²) in [4.78, 5) is 12.6. The fraction of sp³-hybridized carbons (Fsp3) is 0.500. The van der Waals surface area contributed by atoms with Crippen LogP contribution in [0.2, 0.25) is 0 Å². The van der Waals surface area contributed by atoms with E-state index >= 15 is 0 Å². The second-order valence-electron chi connectivity index (χ2n) is 4.22. The average Bonchev–Trinajstić information content (AvgIpc) is 2.30. The normalized spacial score (nSPS) is 12.8. The maximum absolute atomic E-state index is 10.8. The Balaban J connectivity index is 2.86. The van der Waals surface area contributed by atoms with Crippen molar-refractivity contribution in [2.45, 2.75) is 32.9 Å². The van der Waals surface area contributed by atoms with Crippen molar-refractivity contribution in [3.8, 4) is 0 Å². The zero-order valence-electron chi connectivity index (χ0n) is 10.3. The smallest absolute Gasteiger partial charge is 0.283 e. The lowest BCUT2D eigenvalue weighted by atomic mass is 10.1. The summed E-state index contributed by atoms with van der Waals surface area (Å²) >= 11 is 3.18. The molecule has 0 fully saturated rings. The van der Waals surface area contributed by atoms with Crippen LogP contribution in [0, 0.1) is 10.1 Å². The van der Waals surface area contributed by atoms with Gasteiger partial charge >= 0.3 is 0 Å². The van der Waals surface area contributed by atoms with Gasteiger partial charge in [0.1, 0.15) is 0 Å². The van der Waals surface area contributed by atoms with Gasteiger partial charge in [0.2, 0.25) is 0 Å². The Kier molecular flexibility index (Phi) is 5.08. The Hall–Kier alpha value is -0.940. The molecule has 0 aromatic heterocycles. The molecular formula is C12H17BrN2O2. The van der Waals surface area contributed by atoms with Crippen molar-refractivity contribution in [1.29, 1.82) is 0 Å². The van der Waals surface area contributed by atoms with E-state index in [1.54, 1.807) is 12.1 Å². The molecule has 0 bridgehead atoms. The highest BCUT2D eigenvalue weighted by Gasteiger charge is 2.14. The lowest BCUT2D eigenvalue weighted by molar-refractivity contribution is -0.385. The van der Waals surface area contributed by atoms with Crippen LogP contribution in [0.25, 0.3) is 0 Å². The molecule has 5 heteroatoms. The molecule has 0 aliphatic carbocycles. The highest BCUT2D eigenvalue weighted by atomic mass is 79.9. The maximum atomic E-state index is 10.8. The number of benzene rings is 1. The van der Waals surface area contributed by atoms with Crippen molar-refractivity contribution < 1.29 is 4.92 Å². The minimum Gasteiger partial charge on any atom is -0.299 e. The van der Waals surface area contributed by atoms with Crippen molar-refractivity contribution in [2.24, 2.45) is 0 Å². The number of hydrogen-bond acceptors (Lipinski definition) is 3. The Morgan fingerprint density at radius 2 is 2.18 bits per heavy atom. The summed E-state index contributed by atoms with van der Waals surface area (Å²) in [6.07, 6.45) is 1.06. The molecule has 0 saturated heterocycles. The lowest BCUT2D eigenvalue weighted by Gasteiger charge is -2.23. The zero-order valence-corrected chi connectivity index (χ0v) is 11.9. The van der Waals surface area contributed by atoms with Gasteiger partial charge in [-0.05, 0) is 48.0 Å². The van der Waals surface area contributed by atoms with Gasteiger partial charge in [-0.1, -0.05) is 13.0 Å². The fourth-order valence-electron chi connectivity index (χ4n) is 1.55. The van der Waals surface area contributed by atoms with E-state index in [0.29, 0.717) is 10.5 Å². The van der Waals surface area contributed by atoms with Crippen molar-refractivity contribution in [3.05, 3.63) is 38.3 Å². The topological polar surface area (TPSA) is 46.4 Å². The molecule has 94 valence electrons. The number of halogens is 1. The van der Waals surface area contributed by atoms with Crippen molar-refractivity contribution in [2.75, 3.05) is 7.05 Å². The van der Waals surface area contributed by atoms with Gasteiger partial charge in [-0.25, -0.2) is 0 Å². The van der Waals surface area contributed by atoms with Gasteiger partial charge in [0.15, 0.2) is 0 Å². The number of nitro groups is 1. The van der Waals surface area contributed by atoms with Gasteiger partial charge in [0.05, 0.1) is 9.40 Å². The minimum absolute atomic E-state index is 0.125. The predicted octanol–water partition coefficient (Wildman–Crippen LogP) is 3.59. The summed E-state index contributed by atoms with van der Waals surface area (Å²) in [6.45, 7) is 5.00. The van der Waals surface area contributed by atoms with Crippen LogP contribution in [0.4, 0.5) is 5.69 Å². The third-order valence-corrected chi connectivity index (χ3v) is 3.65. The third-order valence-electron chi connectivity index (χ3n) is 2.98. The van der Waals surface area contributed by atoms with Gasteiger partial charge in [-0.15, -0.1) is 0 Å². The van der Waals surface area contributed by atoms with E-state index in [9.17, 15) is 10.1 Å². The predicted molar refractivity (Wildman–Crippen MR) is 72.0 cm³/mol. The van der Waals surface area contributed by atoms with Crippen LogP contribution >= 0.6 is 15.9 Å². The second kappa shape index (κ2) is 6.12. The Labute approximate surface area is 110 Å². The first-order valence-corrected chi connectivity index (χ1v) is 6.38. The van der Waals surface area contributed by atoms with Gasteiger partial charge in [0, 0.05) is 18.7 Å². The maximum Gasteiger partial charge on any atom is 0.283 e. The van der Waals surface area contributed by atoms with Gasteiger partial charge in [-0.2, -0.15) is 0 Å². The molecule has 0 aliphatic heterocycles. The highest BCUT2D eigenvalue weighted by Crippen LogP contribution is 2.26. The Morgan fingerprint density at radius 1 is 1.53 bits per heavy atom. The summed E-state index contributed by atoms with van der Waals surface area (Å²) in [5.41, 5.74) is 1.09. The highest BCUT2D eigenvalue weighted by molar-refractivity contribution is 9.10. The molecule has 0 heterocycles. The van der Waals surface area contributed by atoms with E-state index < -0.39 is 0 Å². The largest absolute Gasteiger partial charge is 0.299 e. The molecule has 1 atom stereocenters. The first-order valence-electron chi connectivity index (χ1n) is 5.58. The lowest BCUT2D eigenvalue weighted by Crippen LogP contribution is -2.27. The molecule has 1 aromatic carbocycles. The van der Waals surface area contributed by atoms with Crippen molar-refractivity contribution in [1.82, 2.24) is 4.90 Å². The van der Waals surface area contributed by atoms with Crippen LogP contribution in [-0.4, -0.2) is 22.9 Å². The molecule has 1 rings (SSSR count). The number of nitro benzene ring substituents is 1. The molecular weight excluding hydrogens is 284 g/mol. The first-order chi connectivity index (χ1) is 7.95. The molecule has 4 nitrogen and oxygen atoms in total. The number of nitrogens with zero attached hydrogens (tertiary/aromatic N) is 2. The van der Waals surface area contributed by atoms with E-state index in [1.807, 2.05) is 13.1 Å². The monoisotopic (exact) mass is 300 g/mol. The molecule has 0 radical (unpaired) electrons. The standard InChI is InChI=1S/C12H17BrN2O2/c1-4-9(2)14(3)8-10-5-6-11(13)12(7-10)15(16)17/h5-7,9H,4,8H2,1-3H3. The van der Waals surface area contributed by atoms with Crippen LogP contribution < -0.4 is 0 Å². The molecule has 0 amide bonds. The van der Waals surface area contributed by atoms with Crippen molar-refractivity contribution >= 4 is 21.6 Å². The average molecular weight is 301 g/mol. The summed E-state index contributed by atoms with van der Waals surface area (Å²) in [6, 6.07) is 5.74. The minimum atomic E-state index is -0.364. The molecule has 0 spiro atoms.